The second kappa shape index (κ2) is 7.58. The van der Waals surface area contributed by atoms with Crippen LogP contribution in [0.1, 0.15) is 11.1 Å². The van der Waals surface area contributed by atoms with E-state index in [1.807, 2.05) is 12.4 Å². The molecule has 0 atom stereocenters. The standard InChI is InChI=1S/C37H22N4/c1-2-9-24(10-3-1)40-34-20-28-23(18-22-8-4-5-11-25(22)28)19-29(34)26-14-15-27-35(36(26)40)30-21-38-17-16-32(30)41-33-13-7-6-12-31(33)39-37(27)41/h1-17,19-21H,18H2. The fourth-order valence-electron chi connectivity index (χ4n) is 7.26. The minimum atomic E-state index is 0.973. The quantitative estimate of drug-likeness (QED) is 0.202. The summed E-state index contributed by atoms with van der Waals surface area (Å²) < 4.78 is 4.75. The highest BCUT2D eigenvalue weighted by molar-refractivity contribution is 6.28. The second-order valence-electron chi connectivity index (χ2n) is 11.1. The van der Waals surface area contributed by atoms with Gasteiger partial charge in [0.1, 0.15) is 5.65 Å². The molecular weight excluding hydrogens is 500 g/mol. The summed E-state index contributed by atoms with van der Waals surface area (Å²) in [6, 6.07) is 39.5. The number of pyridine rings is 2. The Bertz CT molecular complexity index is 2550. The number of fused-ring (bicyclic) bond motifs is 15. The lowest BCUT2D eigenvalue weighted by Crippen LogP contribution is -1.97. The van der Waals surface area contributed by atoms with Gasteiger partial charge in [-0.05, 0) is 77.2 Å². The number of nitrogens with zero attached hydrogens (tertiary/aromatic N) is 4. The zero-order valence-electron chi connectivity index (χ0n) is 22.0. The third-order valence-electron chi connectivity index (χ3n) is 8.97. The Kier molecular flexibility index (Phi) is 3.95. The van der Waals surface area contributed by atoms with Crippen molar-refractivity contribution in [3.8, 4) is 16.8 Å². The van der Waals surface area contributed by atoms with Gasteiger partial charge in [-0.25, -0.2) is 4.98 Å². The highest BCUT2D eigenvalue weighted by atomic mass is 15.0. The molecule has 4 aromatic heterocycles. The molecule has 0 N–H and O–H groups in total. The maximum atomic E-state index is 5.17. The number of benzene rings is 5. The van der Waals surface area contributed by atoms with Gasteiger partial charge in [-0.2, -0.15) is 0 Å². The minimum Gasteiger partial charge on any atom is -0.309 e. The number of rotatable bonds is 1. The van der Waals surface area contributed by atoms with Crippen molar-refractivity contribution in [2.75, 3.05) is 0 Å². The summed E-state index contributed by atoms with van der Waals surface area (Å²) in [5, 5.41) is 5.98. The average molecular weight is 523 g/mol. The summed E-state index contributed by atoms with van der Waals surface area (Å²) >= 11 is 0. The molecule has 4 heteroatoms. The van der Waals surface area contributed by atoms with Crippen LogP contribution in [-0.2, 0) is 6.42 Å². The Balaban J connectivity index is 1.47. The molecule has 5 aromatic carbocycles. The van der Waals surface area contributed by atoms with Gasteiger partial charge >= 0.3 is 0 Å². The van der Waals surface area contributed by atoms with E-state index in [0.29, 0.717) is 0 Å². The number of hydrogen-bond donors (Lipinski definition) is 0. The Labute approximate surface area is 234 Å². The van der Waals surface area contributed by atoms with E-state index in [0.717, 1.165) is 45.1 Å². The van der Waals surface area contributed by atoms with Crippen LogP contribution in [0.3, 0.4) is 0 Å². The molecule has 190 valence electrons. The summed E-state index contributed by atoms with van der Waals surface area (Å²) in [6.07, 6.45) is 4.88. The molecular formula is C37H22N4. The van der Waals surface area contributed by atoms with Gasteiger partial charge in [0.25, 0.3) is 0 Å². The van der Waals surface area contributed by atoms with Crippen LogP contribution in [-0.4, -0.2) is 18.9 Å². The summed E-state index contributed by atoms with van der Waals surface area (Å²) in [5.41, 5.74) is 13.3. The van der Waals surface area contributed by atoms with Crippen LogP contribution in [0.15, 0.2) is 122 Å². The topological polar surface area (TPSA) is 35.1 Å². The number of hydrogen-bond acceptors (Lipinski definition) is 2. The van der Waals surface area contributed by atoms with Gasteiger partial charge in [-0.1, -0.05) is 60.7 Å². The van der Waals surface area contributed by atoms with E-state index >= 15 is 0 Å². The molecule has 0 saturated heterocycles. The zero-order chi connectivity index (χ0) is 26.7. The molecule has 0 radical (unpaired) electrons. The van der Waals surface area contributed by atoms with E-state index in [1.54, 1.807) is 0 Å². The van der Waals surface area contributed by atoms with Gasteiger partial charge in [0.15, 0.2) is 0 Å². The van der Waals surface area contributed by atoms with E-state index in [-0.39, 0.29) is 0 Å². The largest absolute Gasteiger partial charge is 0.309 e. The Hall–Kier alpha value is -5.48. The smallest absolute Gasteiger partial charge is 0.146 e. The number of imidazole rings is 1. The van der Waals surface area contributed by atoms with Gasteiger partial charge in [0.2, 0.25) is 0 Å². The fraction of sp³-hybridized carbons (Fsp3) is 0.0270. The van der Waals surface area contributed by atoms with E-state index in [9.17, 15) is 0 Å². The van der Waals surface area contributed by atoms with Crippen molar-refractivity contribution >= 4 is 60.2 Å². The van der Waals surface area contributed by atoms with Crippen LogP contribution in [0.5, 0.6) is 0 Å². The summed E-state index contributed by atoms with van der Waals surface area (Å²) in [5.74, 6) is 0. The molecule has 10 rings (SSSR count). The lowest BCUT2D eigenvalue weighted by Gasteiger charge is -2.13. The first-order chi connectivity index (χ1) is 20.3. The minimum absolute atomic E-state index is 0.973. The normalized spacial score (nSPS) is 12.8. The molecule has 4 heterocycles. The first-order valence-electron chi connectivity index (χ1n) is 14.1. The lowest BCUT2D eigenvalue weighted by atomic mass is 10.0. The molecule has 0 amide bonds. The van der Waals surface area contributed by atoms with E-state index < -0.39 is 0 Å². The van der Waals surface area contributed by atoms with Crippen LogP contribution in [0, 0.1) is 0 Å². The molecule has 0 bridgehead atoms. The summed E-state index contributed by atoms with van der Waals surface area (Å²) in [4.78, 5) is 9.80. The molecule has 0 spiro atoms. The first kappa shape index (κ1) is 21.4. The molecule has 0 fully saturated rings. The van der Waals surface area contributed by atoms with Crippen molar-refractivity contribution in [1.82, 2.24) is 18.9 Å². The van der Waals surface area contributed by atoms with Crippen molar-refractivity contribution in [1.29, 1.82) is 0 Å². The molecule has 0 aliphatic heterocycles. The SMILES string of the molecule is c1ccc(-n2c3cc4c(cc3c3ccc5c(c6cnccc6n6c7ccccc7nc56)c32)Cc2ccccc2-4)cc1. The van der Waals surface area contributed by atoms with Gasteiger partial charge in [-0.3, -0.25) is 9.38 Å². The third-order valence-corrected chi connectivity index (χ3v) is 8.97. The van der Waals surface area contributed by atoms with Crippen molar-refractivity contribution in [3.63, 3.8) is 0 Å². The summed E-state index contributed by atoms with van der Waals surface area (Å²) in [6.45, 7) is 0. The first-order valence-corrected chi connectivity index (χ1v) is 14.1. The molecule has 0 saturated carbocycles. The van der Waals surface area contributed by atoms with Crippen molar-refractivity contribution < 1.29 is 0 Å². The molecule has 0 unspecified atom stereocenters. The molecule has 41 heavy (non-hydrogen) atoms. The third kappa shape index (κ3) is 2.69. The predicted octanol–water partition coefficient (Wildman–Crippen LogP) is 8.86. The van der Waals surface area contributed by atoms with Crippen molar-refractivity contribution in [3.05, 3.63) is 133 Å². The molecule has 1 aliphatic carbocycles. The molecule has 9 aromatic rings. The van der Waals surface area contributed by atoms with Crippen molar-refractivity contribution in [2.45, 2.75) is 6.42 Å². The average Bonchev–Trinajstić information content (AvgIpc) is 3.70. The van der Waals surface area contributed by atoms with Crippen LogP contribution in [0.25, 0.3) is 77.0 Å². The van der Waals surface area contributed by atoms with Crippen LogP contribution in [0.4, 0.5) is 0 Å². The lowest BCUT2D eigenvalue weighted by molar-refractivity contribution is 1.18. The van der Waals surface area contributed by atoms with Gasteiger partial charge in [-0.15, -0.1) is 0 Å². The Morgan fingerprint density at radius 2 is 1.41 bits per heavy atom. The Morgan fingerprint density at radius 3 is 2.37 bits per heavy atom. The van der Waals surface area contributed by atoms with E-state index in [1.165, 1.54) is 49.4 Å². The number of para-hydroxylation sites is 3. The molecule has 4 nitrogen and oxygen atoms in total. The van der Waals surface area contributed by atoms with Crippen LogP contribution in [0.2, 0.25) is 0 Å². The fourth-order valence-corrected chi connectivity index (χ4v) is 7.26. The van der Waals surface area contributed by atoms with Gasteiger partial charge < -0.3 is 4.57 Å². The number of aromatic nitrogens is 4. The maximum Gasteiger partial charge on any atom is 0.146 e. The zero-order valence-corrected chi connectivity index (χ0v) is 22.0. The maximum absolute atomic E-state index is 5.17. The second-order valence-corrected chi connectivity index (χ2v) is 11.1. The Morgan fingerprint density at radius 1 is 0.585 bits per heavy atom. The van der Waals surface area contributed by atoms with E-state index in [2.05, 4.69) is 123 Å². The summed E-state index contributed by atoms with van der Waals surface area (Å²) in [7, 11) is 0. The van der Waals surface area contributed by atoms with Gasteiger partial charge in [0, 0.05) is 45.0 Å². The van der Waals surface area contributed by atoms with E-state index in [4.69, 9.17) is 4.98 Å². The van der Waals surface area contributed by atoms with Crippen molar-refractivity contribution in [2.24, 2.45) is 0 Å². The highest BCUT2D eigenvalue weighted by Gasteiger charge is 2.24. The van der Waals surface area contributed by atoms with Gasteiger partial charge in [0.05, 0.1) is 27.6 Å². The monoisotopic (exact) mass is 522 g/mol. The highest BCUT2D eigenvalue weighted by Crippen LogP contribution is 2.45. The van der Waals surface area contributed by atoms with Crippen LogP contribution < -0.4 is 0 Å². The predicted molar refractivity (Wildman–Crippen MR) is 168 cm³/mol. The molecule has 1 aliphatic rings. The van der Waals surface area contributed by atoms with Crippen LogP contribution >= 0.6 is 0 Å².